The molecule has 178 valence electrons. The third-order valence-corrected chi connectivity index (χ3v) is 6.81. The number of nitrogens with zero attached hydrogens (tertiary/aromatic N) is 1. The molecule has 3 aliphatic rings. The van der Waals surface area contributed by atoms with Crippen LogP contribution in [-0.4, -0.2) is 65.6 Å². The highest BCUT2D eigenvalue weighted by molar-refractivity contribution is 5.60. The van der Waals surface area contributed by atoms with Gasteiger partial charge in [-0.1, -0.05) is 6.92 Å². The Morgan fingerprint density at radius 3 is 2.15 bits per heavy atom. The number of ether oxygens (including phenoxy) is 7. The second-order valence-corrected chi connectivity index (χ2v) is 8.41. The van der Waals surface area contributed by atoms with Gasteiger partial charge in [0.15, 0.2) is 29.2 Å². The summed E-state index contributed by atoms with van der Waals surface area (Å²) in [6, 6.07) is 8.11. The Hall–Kier alpha value is -2.84. The Morgan fingerprint density at radius 2 is 1.55 bits per heavy atom. The molecule has 8 heteroatoms. The van der Waals surface area contributed by atoms with E-state index in [9.17, 15) is 0 Å². The van der Waals surface area contributed by atoms with E-state index >= 15 is 0 Å². The first-order valence-electron chi connectivity index (χ1n) is 11.4. The summed E-state index contributed by atoms with van der Waals surface area (Å²) in [6.07, 6.45) is 0.841. The van der Waals surface area contributed by atoms with Crippen LogP contribution in [0.4, 0.5) is 0 Å². The molecule has 5 rings (SSSR count). The van der Waals surface area contributed by atoms with Crippen molar-refractivity contribution in [3.8, 4) is 34.5 Å². The summed E-state index contributed by atoms with van der Waals surface area (Å²) in [4.78, 5) is 2.39. The van der Waals surface area contributed by atoms with Gasteiger partial charge in [0.25, 0.3) is 0 Å². The molecule has 0 aliphatic carbocycles. The first-order valence-corrected chi connectivity index (χ1v) is 11.4. The summed E-state index contributed by atoms with van der Waals surface area (Å²) in [5.74, 6) is 4.37. The van der Waals surface area contributed by atoms with Crippen LogP contribution >= 0.6 is 0 Å². The number of fused-ring (bicyclic) bond motifs is 2. The first-order chi connectivity index (χ1) is 16.2. The number of rotatable bonds is 6. The second-order valence-electron chi connectivity index (χ2n) is 8.41. The van der Waals surface area contributed by atoms with E-state index in [-0.39, 0.29) is 24.9 Å². The third kappa shape index (κ3) is 3.81. The van der Waals surface area contributed by atoms with E-state index < -0.39 is 0 Å². The summed E-state index contributed by atoms with van der Waals surface area (Å²) in [6.45, 7) is 5.52. The van der Waals surface area contributed by atoms with Gasteiger partial charge in [-0.15, -0.1) is 0 Å². The summed E-state index contributed by atoms with van der Waals surface area (Å²) in [5.41, 5.74) is 2.16. The minimum absolute atomic E-state index is 0.0369. The normalized spacial score (nSPS) is 24.1. The van der Waals surface area contributed by atoms with Crippen molar-refractivity contribution in [2.75, 3.05) is 54.4 Å². The maximum absolute atomic E-state index is 6.66. The number of hydrogen-bond acceptors (Lipinski definition) is 8. The summed E-state index contributed by atoms with van der Waals surface area (Å²) in [5, 5.41) is 0. The van der Waals surface area contributed by atoms with Crippen molar-refractivity contribution >= 4 is 0 Å². The molecule has 3 heterocycles. The van der Waals surface area contributed by atoms with Crippen molar-refractivity contribution < 1.29 is 33.2 Å². The third-order valence-electron chi connectivity index (χ3n) is 6.81. The fourth-order valence-electron chi connectivity index (χ4n) is 5.22. The Kier molecular flexibility index (Phi) is 6.12. The number of methoxy groups -OCH3 is 3. The van der Waals surface area contributed by atoms with Crippen LogP contribution in [0.3, 0.4) is 0 Å². The molecule has 0 aromatic heterocycles. The second kappa shape index (κ2) is 9.19. The van der Waals surface area contributed by atoms with Crippen molar-refractivity contribution in [1.29, 1.82) is 0 Å². The Balaban J connectivity index is 1.67. The van der Waals surface area contributed by atoms with Crippen LogP contribution in [0.1, 0.15) is 30.4 Å². The lowest BCUT2D eigenvalue weighted by molar-refractivity contribution is -0.0830. The van der Waals surface area contributed by atoms with E-state index in [0.29, 0.717) is 36.2 Å². The Morgan fingerprint density at radius 1 is 0.879 bits per heavy atom. The summed E-state index contributed by atoms with van der Waals surface area (Å²) >= 11 is 0. The van der Waals surface area contributed by atoms with Crippen molar-refractivity contribution in [1.82, 2.24) is 4.90 Å². The van der Waals surface area contributed by atoms with Crippen LogP contribution in [0.15, 0.2) is 24.3 Å². The summed E-state index contributed by atoms with van der Waals surface area (Å²) in [7, 11) is 4.91. The van der Waals surface area contributed by atoms with Gasteiger partial charge >= 0.3 is 0 Å². The first kappa shape index (κ1) is 22.0. The van der Waals surface area contributed by atoms with Crippen LogP contribution in [-0.2, 0) is 4.74 Å². The lowest BCUT2D eigenvalue weighted by Crippen LogP contribution is -2.52. The van der Waals surface area contributed by atoms with Crippen molar-refractivity contribution in [3.05, 3.63) is 35.4 Å². The summed E-state index contributed by atoms with van der Waals surface area (Å²) < 4.78 is 40.5. The molecule has 1 fully saturated rings. The van der Waals surface area contributed by atoms with Gasteiger partial charge in [0, 0.05) is 36.6 Å². The smallest absolute Gasteiger partial charge is 0.231 e. The maximum Gasteiger partial charge on any atom is 0.231 e. The van der Waals surface area contributed by atoms with Crippen molar-refractivity contribution in [2.24, 2.45) is 5.92 Å². The van der Waals surface area contributed by atoms with E-state index in [1.807, 2.05) is 18.2 Å². The molecule has 8 nitrogen and oxygen atoms in total. The Bertz CT molecular complexity index is 979. The molecule has 0 unspecified atom stereocenters. The van der Waals surface area contributed by atoms with Gasteiger partial charge in [-0.25, -0.2) is 0 Å². The fourth-order valence-corrected chi connectivity index (χ4v) is 5.22. The van der Waals surface area contributed by atoms with E-state index in [2.05, 4.69) is 17.9 Å². The van der Waals surface area contributed by atoms with Crippen LogP contribution < -0.4 is 28.4 Å². The van der Waals surface area contributed by atoms with Gasteiger partial charge in [0.05, 0.1) is 34.5 Å². The molecule has 1 saturated heterocycles. The lowest BCUT2D eigenvalue weighted by Gasteiger charge is -2.45. The SMILES string of the molecule is CC[C@H]1[C@@H](c2cc(OC)c(OC)c(OC)c2)c2cc3c(cc2O[C@@H]1N1CCOCC1)OCO3. The lowest BCUT2D eigenvalue weighted by atomic mass is 9.75. The van der Waals surface area contributed by atoms with E-state index in [0.717, 1.165) is 42.1 Å². The van der Waals surface area contributed by atoms with Crippen LogP contribution in [0.25, 0.3) is 0 Å². The molecule has 33 heavy (non-hydrogen) atoms. The highest BCUT2D eigenvalue weighted by Crippen LogP contribution is 2.52. The largest absolute Gasteiger partial charge is 0.493 e. The maximum atomic E-state index is 6.66. The zero-order valence-electron chi connectivity index (χ0n) is 19.6. The standard InChI is InChI=1S/C25H31NO7/c1-5-16-23(15-10-21(27-2)24(29-4)22(11-15)28-3)17-12-19-20(32-14-31-19)13-18(17)33-25(16)26-6-8-30-9-7-26/h10-13,16,23,25H,5-9,14H2,1-4H3/t16-,23+,25-/m0/s1. The van der Waals surface area contributed by atoms with Crippen LogP contribution in [0.5, 0.6) is 34.5 Å². The molecule has 2 aromatic rings. The molecule has 2 aromatic carbocycles. The van der Waals surface area contributed by atoms with Gasteiger partial charge in [-0.2, -0.15) is 0 Å². The molecular formula is C25H31NO7. The predicted molar refractivity (Wildman–Crippen MR) is 121 cm³/mol. The molecule has 0 bridgehead atoms. The van der Waals surface area contributed by atoms with E-state index in [1.54, 1.807) is 21.3 Å². The predicted octanol–water partition coefficient (Wildman–Crippen LogP) is 3.65. The Labute approximate surface area is 194 Å². The molecule has 0 N–H and O–H groups in total. The minimum atomic E-state index is -0.0872. The zero-order valence-corrected chi connectivity index (χ0v) is 19.6. The molecule has 0 amide bonds. The quantitative estimate of drug-likeness (QED) is 0.651. The molecule has 3 aliphatic heterocycles. The highest BCUT2D eigenvalue weighted by atomic mass is 16.7. The molecule has 0 radical (unpaired) electrons. The topological polar surface area (TPSA) is 67.9 Å². The average molecular weight is 458 g/mol. The van der Waals surface area contributed by atoms with Gasteiger partial charge in [0.1, 0.15) is 5.75 Å². The van der Waals surface area contributed by atoms with Gasteiger partial charge in [0.2, 0.25) is 12.5 Å². The highest BCUT2D eigenvalue weighted by Gasteiger charge is 2.43. The molecule has 0 saturated carbocycles. The van der Waals surface area contributed by atoms with Gasteiger partial charge < -0.3 is 33.2 Å². The minimum Gasteiger partial charge on any atom is -0.493 e. The zero-order chi connectivity index (χ0) is 22.9. The average Bonchev–Trinajstić information content (AvgIpc) is 3.33. The molecule has 3 atom stereocenters. The molecular weight excluding hydrogens is 426 g/mol. The van der Waals surface area contributed by atoms with Gasteiger partial charge in [-0.3, -0.25) is 4.90 Å². The van der Waals surface area contributed by atoms with E-state index in [4.69, 9.17) is 33.2 Å². The van der Waals surface area contributed by atoms with Crippen LogP contribution in [0, 0.1) is 5.92 Å². The fraction of sp³-hybridized carbons (Fsp3) is 0.520. The van der Waals surface area contributed by atoms with Crippen molar-refractivity contribution in [3.63, 3.8) is 0 Å². The number of morpholine rings is 1. The molecule has 0 spiro atoms. The van der Waals surface area contributed by atoms with E-state index in [1.165, 1.54) is 0 Å². The number of hydrogen-bond donors (Lipinski definition) is 0. The monoisotopic (exact) mass is 457 g/mol. The van der Waals surface area contributed by atoms with Gasteiger partial charge in [-0.05, 0) is 30.2 Å². The van der Waals surface area contributed by atoms with Crippen LogP contribution in [0.2, 0.25) is 0 Å². The van der Waals surface area contributed by atoms with Crippen molar-refractivity contribution in [2.45, 2.75) is 25.5 Å². The number of benzene rings is 2.